The van der Waals surface area contributed by atoms with Crippen molar-refractivity contribution in [3.05, 3.63) is 0 Å². The fourth-order valence-corrected chi connectivity index (χ4v) is 8.85. The van der Waals surface area contributed by atoms with Crippen LogP contribution >= 0.6 is 23.5 Å². The van der Waals surface area contributed by atoms with Crippen molar-refractivity contribution in [2.45, 2.75) is 61.5 Å². The van der Waals surface area contributed by atoms with Crippen LogP contribution in [0.15, 0.2) is 0 Å². The molecule has 1 aliphatic heterocycles. The Bertz CT molecular complexity index is 327. The number of rotatable bonds is 0. The second-order valence-electron chi connectivity index (χ2n) is 6.44. The molecule has 2 aliphatic carbocycles. The lowest BCUT2D eigenvalue weighted by Gasteiger charge is -2.63. The van der Waals surface area contributed by atoms with Crippen molar-refractivity contribution in [2.75, 3.05) is 0 Å². The van der Waals surface area contributed by atoms with Gasteiger partial charge in [-0.25, -0.2) is 0 Å². The van der Waals surface area contributed by atoms with Crippen LogP contribution in [0.4, 0.5) is 0 Å². The Labute approximate surface area is 107 Å². The van der Waals surface area contributed by atoms with E-state index in [2.05, 4.69) is 51.2 Å². The van der Waals surface area contributed by atoms with Crippen molar-refractivity contribution in [1.82, 2.24) is 0 Å². The quantitative estimate of drug-likeness (QED) is 0.657. The monoisotopic (exact) mass is 256 g/mol. The second-order valence-corrected chi connectivity index (χ2v) is 9.60. The smallest absolute Gasteiger partial charge is 0.148 e. The molecule has 3 heteroatoms. The normalized spacial score (nSPS) is 42.1. The summed E-state index contributed by atoms with van der Waals surface area (Å²) in [4.78, 5) is 12.3. The van der Waals surface area contributed by atoms with Crippen molar-refractivity contribution in [3.63, 3.8) is 0 Å². The zero-order valence-corrected chi connectivity index (χ0v) is 12.1. The first-order chi connectivity index (χ1) is 7.33. The van der Waals surface area contributed by atoms with Gasteiger partial charge >= 0.3 is 0 Å². The number of fused-ring (bicyclic) bond motifs is 1. The van der Waals surface area contributed by atoms with E-state index in [1.807, 2.05) is 0 Å². The van der Waals surface area contributed by atoms with Crippen molar-refractivity contribution >= 4 is 29.3 Å². The first-order valence-electron chi connectivity index (χ1n) is 6.23. The summed E-state index contributed by atoms with van der Waals surface area (Å²) in [6, 6.07) is 0. The Hall–Kier alpha value is 0.370. The summed E-state index contributed by atoms with van der Waals surface area (Å²) >= 11 is 4.26. The molecule has 1 nitrogen and oxygen atoms in total. The average Bonchev–Trinajstić information content (AvgIpc) is 2.73. The molecule has 1 saturated heterocycles. The van der Waals surface area contributed by atoms with Crippen LogP contribution in [0.25, 0.3) is 0 Å². The van der Waals surface area contributed by atoms with Gasteiger partial charge in [-0.1, -0.05) is 34.1 Å². The molecule has 0 aromatic carbocycles. The third-order valence-corrected chi connectivity index (χ3v) is 10.00. The molecule has 0 N–H and O–H groups in total. The van der Waals surface area contributed by atoms with E-state index in [-0.39, 0.29) is 14.9 Å². The van der Waals surface area contributed by atoms with E-state index in [0.29, 0.717) is 5.78 Å². The summed E-state index contributed by atoms with van der Waals surface area (Å²) in [6.45, 7) is 8.62. The molecule has 2 atom stereocenters. The van der Waals surface area contributed by atoms with Gasteiger partial charge in [0.15, 0.2) is 0 Å². The van der Waals surface area contributed by atoms with Crippen LogP contribution in [0.5, 0.6) is 0 Å². The van der Waals surface area contributed by atoms with Crippen LogP contribution in [0.1, 0.15) is 47.0 Å². The minimum Gasteiger partial charge on any atom is -0.298 e. The summed E-state index contributed by atoms with van der Waals surface area (Å²) in [5, 5.41) is 1.63. The zero-order chi connectivity index (χ0) is 11.8. The number of carbonyl (C=O) groups is 1. The SMILES string of the molecule is CC1(C)C(=O)C(C)(C)C12S[C@@H]1CCC[C@H]1S2. The van der Waals surface area contributed by atoms with E-state index in [1.165, 1.54) is 19.3 Å². The van der Waals surface area contributed by atoms with Crippen LogP contribution in [-0.2, 0) is 4.79 Å². The number of thioether (sulfide) groups is 2. The maximum absolute atomic E-state index is 12.3. The molecule has 0 bridgehead atoms. The summed E-state index contributed by atoms with van der Waals surface area (Å²) in [6.07, 6.45) is 4.12. The van der Waals surface area contributed by atoms with E-state index >= 15 is 0 Å². The number of Topliss-reactive ketones (excluding diaryl/α,β-unsaturated/α-hetero) is 1. The highest BCUT2D eigenvalue weighted by atomic mass is 32.2. The lowest BCUT2D eigenvalue weighted by atomic mass is 9.53. The Kier molecular flexibility index (Phi) is 2.17. The number of hydrogen-bond donors (Lipinski definition) is 0. The van der Waals surface area contributed by atoms with Gasteiger partial charge in [0, 0.05) is 21.3 Å². The van der Waals surface area contributed by atoms with Gasteiger partial charge in [0.25, 0.3) is 0 Å². The maximum Gasteiger partial charge on any atom is 0.148 e. The average molecular weight is 256 g/mol. The first kappa shape index (κ1) is 11.5. The van der Waals surface area contributed by atoms with Gasteiger partial charge in [-0.2, -0.15) is 0 Å². The third-order valence-electron chi connectivity index (χ3n) is 4.81. The fourth-order valence-electron chi connectivity index (χ4n) is 4.00. The van der Waals surface area contributed by atoms with Crippen molar-refractivity contribution in [3.8, 4) is 0 Å². The van der Waals surface area contributed by atoms with E-state index in [0.717, 1.165) is 10.5 Å². The topological polar surface area (TPSA) is 17.1 Å². The Morgan fingerprint density at radius 1 is 1.00 bits per heavy atom. The molecule has 16 heavy (non-hydrogen) atoms. The van der Waals surface area contributed by atoms with Crippen LogP contribution in [-0.4, -0.2) is 20.4 Å². The van der Waals surface area contributed by atoms with Crippen molar-refractivity contribution in [1.29, 1.82) is 0 Å². The van der Waals surface area contributed by atoms with Crippen LogP contribution < -0.4 is 0 Å². The summed E-state index contributed by atoms with van der Waals surface area (Å²) < 4.78 is 0.160. The summed E-state index contributed by atoms with van der Waals surface area (Å²) in [7, 11) is 0. The number of carbonyl (C=O) groups excluding carboxylic acids is 1. The van der Waals surface area contributed by atoms with E-state index < -0.39 is 0 Å². The molecule has 90 valence electrons. The molecular weight excluding hydrogens is 236 g/mol. The van der Waals surface area contributed by atoms with Gasteiger partial charge in [0.1, 0.15) is 5.78 Å². The first-order valence-corrected chi connectivity index (χ1v) is 7.99. The molecule has 3 rings (SSSR count). The predicted molar refractivity (Wildman–Crippen MR) is 71.9 cm³/mol. The van der Waals surface area contributed by atoms with Crippen molar-refractivity contribution in [2.24, 2.45) is 10.8 Å². The zero-order valence-electron chi connectivity index (χ0n) is 10.5. The molecule has 1 spiro atoms. The highest BCUT2D eigenvalue weighted by molar-refractivity contribution is 8.22. The molecule has 2 saturated carbocycles. The number of ketones is 1. The third kappa shape index (κ3) is 1.01. The van der Waals surface area contributed by atoms with E-state index in [9.17, 15) is 4.79 Å². The Morgan fingerprint density at radius 3 is 1.88 bits per heavy atom. The van der Waals surface area contributed by atoms with Crippen LogP contribution in [0.2, 0.25) is 0 Å². The van der Waals surface area contributed by atoms with Gasteiger partial charge in [0.05, 0.1) is 4.08 Å². The van der Waals surface area contributed by atoms with Gasteiger partial charge in [-0.15, -0.1) is 23.5 Å². The second kappa shape index (κ2) is 3.03. The van der Waals surface area contributed by atoms with Crippen LogP contribution in [0.3, 0.4) is 0 Å². The molecule has 1 heterocycles. The Morgan fingerprint density at radius 2 is 1.44 bits per heavy atom. The fraction of sp³-hybridized carbons (Fsp3) is 0.923. The summed E-state index contributed by atoms with van der Waals surface area (Å²) in [5.41, 5.74) is -0.258. The molecular formula is C13H20OS2. The largest absolute Gasteiger partial charge is 0.298 e. The molecule has 0 radical (unpaired) electrons. The minimum atomic E-state index is -0.129. The van der Waals surface area contributed by atoms with Crippen LogP contribution in [0, 0.1) is 10.8 Å². The van der Waals surface area contributed by atoms with Gasteiger partial charge in [0.2, 0.25) is 0 Å². The van der Waals surface area contributed by atoms with Gasteiger partial charge in [-0.3, -0.25) is 4.79 Å². The molecule has 0 aromatic heterocycles. The lowest BCUT2D eigenvalue weighted by Crippen LogP contribution is -2.70. The molecule has 0 unspecified atom stereocenters. The van der Waals surface area contributed by atoms with Gasteiger partial charge in [-0.05, 0) is 12.8 Å². The molecule has 0 amide bonds. The van der Waals surface area contributed by atoms with E-state index in [1.54, 1.807) is 0 Å². The lowest BCUT2D eigenvalue weighted by molar-refractivity contribution is -0.152. The number of hydrogen-bond acceptors (Lipinski definition) is 3. The highest BCUT2D eigenvalue weighted by Gasteiger charge is 2.76. The van der Waals surface area contributed by atoms with Gasteiger partial charge < -0.3 is 0 Å². The minimum absolute atomic E-state index is 0.129. The highest BCUT2D eigenvalue weighted by Crippen LogP contribution is 2.77. The van der Waals surface area contributed by atoms with E-state index in [4.69, 9.17) is 0 Å². The molecule has 3 fully saturated rings. The molecule has 0 aromatic rings. The maximum atomic E-state index is 12.3. The predicted octanol–water partition coefficient (Wildman–Crippen LogP) is 3.72. The molecule has 3 aliphatic rings. The standard InChI is InChI=1S/C13H20OS2/c1-11(2)10(14)12(3,4)13(11)15-8-6-5-7-9(8)16-13/h8-9H,5-7H2,1-4H3/t8-,9-/m1/s1. The Balaban J connectivity index is 1.97. The van der Waals surface area contributed by atoms with Crippen molar-refractivity contribution < 1.29 is 4.79 Å². The summed E-state index contributed by atoms with van der Waals surface area (Å²) in [5.74, 6) is 0.458.